The third-order valence-electron chi connectivity index (χ3n) is 3.59. The third-order valence-corrected chi connectivity index (χ3v) is 4.81. The summed E-state index contributed by atoms with van der Waals surface area (Å²) >= 11 is 1.49. The van der Waals surface area contributed by atoms with Gasteiger partial charge in [0.1, 0.15) is 4.88 Å². The molecule has 1 amide bonds. The fourth-order valence-electron chi connectivity index (χ4n) is 2.46. The standard InChI is InChI=1S/C16H20N2O3S/c17-8-5-9-18-15(19)11-21-16(20)14-10-12-6-3-1-2-4-7-13(12)22-14/h10H,1-7,9,11H2,(H,18,19). The van der Waals surface area contributed by atoms with Crippen LogP contribution in [0.2, 0.25) is 0 Å². The zero-order chi connectivity index (χ0) is 15.8. The van der Waals surface area contributed by atoms with E-state index in [-0.39, 0.29) is 25.5 Å². The summed E-state index contributed by atoms with van der Waals surface area (Å²) in [5.74, 6) is -0.814. The van der Waals surface area contributed by atoms with Crippen molar-refractivity contribution in [3.8, 4) is 6.07 Å². The van der Waals surface area contributed by atoms with Gasteiger partial charge in [0.25, 0.3) is 5.91 Å². The van der Waals surface area contributed by atoms with Crippen LogP contribution in [0.5, 0.6) is 0 Å². The van der Waals surface area contributed by atoms with Crippen LogP contribution in [-0.2, 0) is 22.4 Å². The second-order valence-electron chi connectivity index (χ2n) is 5.31. The molecular formula is C16H20N2O3S. The van der Waals surface area contributed by atoms with Gasteiger partial charge in [-0.3, -0.25) is 4.79 Å². The summed E-state index contributed by atoms with van der Waals surface area (Å²) in [6, 6.07) is 3.85. The molecule has 0 fully saturated rings. The Morgan fingerprint density at radius 2 is 2.05 bits per heavy atom. The summed E-state index contributed by atoms with van der Waals surface area (Å²) in [6.07, 6.45) is 7.13. The van der Waals surface area contributed by atoms with Gasteiger partial charge in [-0.2, -0.15) is 5.26 Å². The van der Waals surface area contributed by atoms with Crippen LogP contribution < -0.4 is 5.32 Å². The predicted molar refractivity (Wildman–Crippen MR) is 83.7 cm³/mol. The summed E-state index contributed by atoms with van der Waals surface area (Å²) in [5, 5.41) is 10.9. The zero-order valence-electron chi connectivity index (χ0n) is 12.5. The highest BCUT2D eigenvalue weighted by Crippen LogP contribution is 2.28. The van der Waals surface area contributed by atoms with E-state index in [4.69, 9.17) is 10.00 Å². The molecule has 0 atom stereocenters. The van der Waals surface area contributed by atoms with Gasteiger partial charge in [-0.05, 0) is 37.3 Å². The fraction of sp³-hybridized carbons (Fsp3) is 0.562. The Morgan fingerprint density at radius 1 is 1.27 bits per heavy atom. The van der Waals surface area contributed by atoms with Crippen molar-refractivity contribution in [3.63, 3.8) is 0 Å². The maximum Gasteiger partial charge on any atom is 0.348 e. The number of hydrogen-bond donors (Lipinski definition) is 1. The van der Waals surface area contributed by atoms with Crippen LogP contribution in [0.1, 0.15) is 52.2 Å². The molecule has 1 N–H and O–H groups in total. The van der Waals surface area contributed by atoms with Crippen LogP contribution in [0.3, 0.4) is 0 Å². The quantitative estimate of drug-likeness (QED) is 0.668. The van der Waals surface area contributed by atoms with Crippen LogP contribution >= 0.6 is 11.3 Å². The lowest BCUT2D eigenvalue weighted by Crippen LogP contribution is -2.29. The molecule has 1 aliphatic carbocycles. The number of nitriles is 1. The van der Waals surface area contributed by atoms with E-state index in [1.165, 1.54) is 47.5 Å². The molecule has 5 nitrogen and oxygen atoms in total. The Morgan fingerprint density at radius 3 is 2.82 bits per heavy atom. The first-order chi connectivity index (χ1) is 10.7. The van der Waals surface area contributed by atoms with Crippen molar-refractivity contribution in [2.45, 2.75) is 44.9 Å². The van der Waals surface area contributed by atoms with Crippen molar-refractivity contribution >= 4 is 23.2 Å². The van der Waals surface area contributed by atoms with Gasteiger partial charge in [0, 0.05) is 11.4 Å². The first-order valence-corrected chi connectivity index (χ1v) is 8.44. The molecule has 0 saturated carbocycles. The van der Waals surface area contributed by atoms with Gasteiger partial charge in [0.2, 0.25) is 0 Å². The monoisotopic (exact) mass is 320 g/mol. The molecule has 0 bridgehead atoms. The summed E-state index contributed by atoms with van der Waals surface area (Å²) < 4.78 is 5.04. The number of aryl methyl sites for hydroxylation is 2. The fourth-order valence-corrected chi connectivity index (χ4v) is 3.60. The molecule has 2 rings (SSSR count). The average molecular weight is 320 g/mol. The lowest BCUT2D eigenvalue weighted by molar-refractivity contribution is -0.124. The minimum Gasteiger partial charge on any atom is -0.451 e. The smallest absolute Gasteiger partial charge is 0.348 e. The second kappa shape index (κ2) is 8.54. The Labute approximate surface area is 134 Å². The number of fused-ring (bicyclic) bond motifs is 1. The van der Waals surface area contributed by atoms with E-state index in [1.807, 2.05) is 12.1 Å². The first kappa shape index (κ1) is 16.5. The van der Waals surface area contributed by atoms with Crippen molar-refractivity contribution in [2.75, 3.05) is 13.2 Å². The largest absolute Gasteiger partial charge is 0.451 e. The van der Waals surface area contributed by atoms with E-state index in [9.17, 15) is 9.59 Å². The first-order valence-electron chi connectivity index (χ1n) is 7.63. The molecule has 0 radical (unpaired) electrons. The van der Waals surface area contributed by atoms with Crippen LogP contribution in [0, 0.1) is 11.3 Å². The Hall–Kier alpha value is -1.87. The van der Waals surface area contributed by atoms with Crippen molar-refractivity contribution in [3.05, 3.63) is 21.4 Å². The number of nitrogens with zero attached hydrogens (tertiary/aromatic N) is 1. The number of ether oxygens (including phenoxy) is 1. The summed E-state index contributed by atoms with van der Waals surface area (Å²) in [4.78, 5) is 25.3. The van der Waals surface area contributed by atoms with Gasteiger partial charge >= 0.3 is 5.97 Å². The van der Waals surface area contributed by atoms with Crippen LogP contribution in [0.15, 0.2) is 6.07 Å². The van der Waals surface area contributed by atoms with Gasteiger partial charge in [-0.25, -0.2) is 4.79 Å². The minimum absolute atomic E-state index is 0.247. The second-order valence-corrected chi connectivity index (χ2v) is 6.44. The van der Waals surface area contributed by atoms with Crippen LogP contribution in [0.4, 0.5) is 0 Å². The molecule has 22 heavy (non-hydrogen) atoms. The maximum absolute atomic E-state index is 12.0. The molecule has 0 saturated heterocycles. The zero-order valence-corrected chi connectivity index (χ0v) is 13.3. The van der Waals surface area contributed by atoms with E-state index in [0.717, 1.165) is 12.8 Å². The topological polar surface area (TPSA) is 79.2 Å². The number of nitrogens with one attached hydrogen (secondary N) is 1. The molecule has 1 aromatic heterocycles. The van der Waals surface area contributed by atoms with Crippen molar-refractivity contribution in [2.24, 2.45) is 0 Å². The van der Waals surface area contributed by atoms with E-state index in [1.54, 1.807) is 0 Å². The molecule has 1 aromatic rings. The summed E-state index contributed by atoms with van der Waals surface area (Å²) in [6.45, 7) is -0.0208. The van der Waals surface area contributed by atoms with Gasteiger partial charge < -0.3 is 10.1 Å². The molecule has 0 unspecified atom stereocenters. The average Bonchev–Trinajstić information content (AvgIpc) is 2.87. The molecule has 0 spiro atoms. The molecule has 0 aliphatic heterocycles. The Balaban J connectivity index is 1.86. The van der Waals surface area contributed by atoms with Crippen LogP contribution in [0.25, 0.3) is 0 Å². The summed E-state index contributed by atoms with van der Waals surface area (Å²) in [7, 11) is 0. The normalized spacial score (nSPS) is 14.1. The van der Waals surface area contributed by atoms with Crippen molar-refractivity contribution in [1.29, 1.82) is 5.26 Å². The van der Waals surface area contributed by atoms with Crippen molar-refractivity contribution < 1.29 is 14.3 Å². The number of hydrogen-bond acceptors (Lipinski definition) is 5. The van der Waals surface area contributed by atoms with E-state index in [0.29, 0.717) is 4.88 Å². The molecule has 0 aromatic carbocycles. The predicted octanol–water partition coefficient (Wildman–Crippen LogP) is 2.59. The van der Waals surface area contributed by atoms with Gasteiger partial charge in [-0.15, -0.1) is 11.3 Å². The summed E-state index contributed by atoms with van der Waals surface area (Å²) in [5.41, 5.74) is 1.26. The lowest BCUT2D eigenvalue weighted by Gasteiger charge is -2.07. The number of carbonyl (C=O) groups is 2. The SMILES string of the molecule is N#CCCNC(=O)COC(=O)c1cc2c(s1)CCCCCC2. The van der Waals surface area contributed by atoms with Gasteiger partial charge in [0.15, 0.2) is 6.61 Å². The number of rotatable bonds is 5. The molecule has 6 heteroatoms. The molecule has 1 heterocycles. The van der Waals surface area contributed by atoms with Gasteiger partial charge in [-0.1, -0.05) is 12.8 Å². The molecular weight excluding hydrogens is 300 g/mol. The van der Waals surface area contributed by atoms with Gasteiger partial charge in [0.05, 0.1) is 12.5 Å². The van der Waals surface area contributed by atoms with E-state index >= 15 is 0 Å². The number of esters is 1. The number of carbonyl (C=O) groups excluding carboxylic acids is 2. The molecule has 1 aliphatic rings. The highest BCUT2D eigenvalue weighted by molar-refractivity contribution is 7.14. The Bertz CT molecular complexity index is 549. The molecule has 118 valence electrons. The maximum atomic E-state index is 12.0. The lowest BCUT2D eigenvalue weighted by atomic mass is 10.00. The number of thiophene rings is 1. The van der Waals surface area contributed by atoms with E-state index in [2.05, 4.69) is 5.32 Å². The highest BCUT2D eigenvalue weighted by atomic mass is 32.1. The third kappa shape index (κ3) is 4.85. The van der Waals surface area contributed by atoms with Crippen molar-refractivity contribution in [1.82, 2.24) is 5.32 Å². The highest BCUT2D eigenvalue weighted by Gasteiger charge is 2.17. The van der Waals surface area contributed by atoms with E-state index < -0.39 is 5.97 Å². The van der Waals surface area contributed by atoms with Crippen LogP contribution in [-0.4, -0.2) is 25.0 Å². The number of amides is 1. The minimum atomic E-state index is -0.438. The Kier molecular flexibility index (Phi) is 6.41.